The van der Waals surface area contributed by atoms with Gasteiger partial charge in [0.05, 0.1) is 0 Å². The molecule has 0 aliphatic heterocycles. The summed E-state index contributed by atoms with van der Waals surface area (Å²) in [5, 5.41) is 11.2. The summed E-state index contributed by atoms with van der Waals surface area (Å²) in [4.78, 5) is 1.09. The number of hydrogen-bond donors (Lipinski definition) is 1. The van der Waals surface area contributed by atoms with Crippen LogP contribution in [0.2, 0.25) is 5.02 Å². The third-order valence-corrected chi connectivity index (χ3v) is 3.32. The maximum absolute atomic E-state index is 8.60. The number of aliphatic hydroxyl groups excluding tert-OH is 1. The summed E-state index contributed by atoms with van der Waals surface area (Å²) < 4.78 is 5.62. The molecule has 18 heavy (non-hydrogen) atoms. The molecule has 4 heteroatoms. The molecule has 1 N–H and O–H groups in total. The number of thiophene rings is 1. The van der Waals surface area contributed by atoms with Gasteiger partial charge in [0.15, 0.2) is 0 Å². The zero-order valence-electron chi connectivity index (χ0n) is 9.52. The number of benzene rings is 1. The second-order valence-electron chi connectivity index (χ2n) is 3.50. The first-order valence-corrected chi connectivity index (χ1v) is 6.59. The molecule has 0 saturated heterocycles. The van der Waals surface area contributed by atoms with E-state index in [1.165, 1.54) is 0 Å². The molecule has 0 fully saturated rings. The highest BCUT2D eigenvalue weighted by Crippen LogP contribution is 2.19. The highest BCUT2D eigenvalue weighted by molar-refractivity contribution is 7.10. The highest BCUT2D eigenvalue weighted by atomic mass is 35.5. The Morgan fingerprint density at radius 2 is 2.06 bits per heavy atom. The highest BCUT2D eigenvalue weighted by Gasteiger charge is 1.99. The summed E-state index contributed by atoms with van der Waals surface area (Å²) in [5.74, 6) is 6.26. The molecule has 0 unspecified atom stereocenters. The van der Waals surface area contributed by atoms with Crippen molar-refractivity contribution in [3.05, 3.63) is 51.2 Å². The van der Waals surface area contributed by atoms with Crippen LogP contribution < -0.4 is 4.74 Å². The van der Waals surface area contributed by atoms with Crippen LogP contribution in [-0.2, 0) is 6.61 Å². The molecule has 0 amide bonds. The first-order valence-electron chi connectivity index (χ1n) is 5.33. The number of ether oxygens (including phenoxy) is 1. The van der Waals surface area contributed by atoms with Gasteiger partial charge in [0, 0.05) is 20.8 Å². The van der Waals surface area contributed by atoms with Crippen molar-refractivity contribution in [1.82, 2.24) is 0 Å². The molecule has 1 heterocycles. The van der Waals surface area contributed by atoms with Gasteiger partial charge in [-0.15, -0.1) is 11.3 Å². The van der Waals surface area contributed by atoms with Crippen molar-refractivity contribution in [2.45, 2.75) is 6.61 Å². The zero-order valence-corrected chi connectivity index (χ0v) is 11.1. The van der Waals surface area contributed by atoms with E-state index < -0.39 is 0 Å². The molecule has 0 aliphatic rings. The Balaban J connectivity index is 1.94. The van der Waals surface area contributed by atoms with Crippen LogP contribution in [0.1, 0.15) is 10.4 Å². The largest absolute Gasteiger partial charge is 0.488 e. The van der Waals surface area contributed by atoms with Gasteiger partial charge in [0.1, 0.15) is 19.0 Å². The first kappa shape index (κ1) is 13.0. The molecule has 92 valence electrons. The minimum atomic E-state index is -0.119. The average molecular weight is 279 g/mol. The minimum Gasteiger partial charge on any atom is -0.488 e. The zero-order chi connectivity index (χ0) is 12.8. The van der Waals surface area contributed by atoms with Crippen LogP contribution in [0.15, 0.2) is 35.7 Å². The fourth-order valence-corrected chi connectivity index (χ4v) is 2.20. The SMILES string of the molecule is OCC#Cc1csc(COc2ccc(Cl)cc2)c1. The van der Waals surface area contributed by atoms with Gasteiger partial charge in [-0.2, -0.15) is 0 Å². The van der Waals surface area contributed by atoms with Gasteiger partial charge in [-0.25, -0.2) is 0 Å². The van der Waals surface area contributed by atoms with E-state index in [2.05, 4.69) is 11.8 Å². The van der Waals surface area contributed by atoms with E-state index in [9.17, 15) is 0 Å². The quantitative estimate of drug-likeness (QED) is 0.873. The van der Waals surface area contributed by atoms with Crippen molar-refractivity contribution >= 4 is 22.9 Å². The Kier molecular flexibility index (Phi) is 4.66. The molecule has 1 aromatic carbocycles. The molecule has 2 nitrogen and oxygen atoms in total. The third kappa shape index (κ3) is 3.78. The number of halogens is 1. The predicted molar refractivity (Wildman–Crippen MR) is 74.1 cm³/mol. The van der Waals surface area contributed by atoms with Gasteiger partial charge in [0.2, 0.25) is 0 Å². The van der Waals surface area contributed by atoms with Crippen LogP contribution in [-0.4, -0.2) is 11.7 Å². The second-order valence-corrected chi connectivity index (χ2v) is 4.94. The molecule has 0 aliphatic carbocycles. The van der Waals surface area contributed by atoms with Crippen molar-refractivity contribution < 1.29 is 9.84 Å². The first-order chi connectivity index (χ1) is 8.78. The molecule has 0 saturated carbocycles. The predicted octanol–water partition coefficient (Wildman–Crippen LogP) is 3.32. The number of rotatable bonds is 3. The Bertz CT molecular complexity index is 563. The van der Waals surface area contributed by atoms with Gasteiger partial charge < -0.3 is 9.84 Å². The maximum atomic E-state index is 8.60. The van der Waals surface area contributed by atoms with Gasteiger partial charge in [-0.05, 0) is 30.3 Å². The topological polar surface area (TPSA) is 29.5 Å². The van der Waals surface area contributed by atoms with Crippen molar-refractivity contribution in [3.63, 3.8) is 0 Å². The van der Waals surface area contributed by atoms with Crippen LogP contribution in [0.3, 0.4) is 0 Å². The Hall–Kier alpha value is -1.47. The van der Waals surface area contributed by atoms with Crippen LogP contribution >= 0.6 is 22.9 Å². The van der Waals surface area contributed by atoms with E-state index in [-0.39, 0.29) is 6.61 Å². The maximum Gasteiger partial charge on any atom is 0.122 e. The average Bonchev–Trinajstić information content (AvgIpc) is 2.84. The molecule has 0 radical (unpaired) electrons. The molecular formula is C14H11ClO2S. The lowest BCUT2D eigenvalue weighted by Gasteiger charge is -2.03. The monoisotopic (exact) mass is 278 g/mol. The fourth-order valence-electron chi connectivity index (χ4n) is 1.35. The van der Waals surface area contributed by atoms with E-state index in [1.807, 2.05) is 23.6 Å². The summed E-state index contributed by atoms with van der Waals surface area (Å²) in [6, 6.07) is 9.22. The van der Waals surface area contributed by atoms with Crippen molar-refractivity contribution in [3.8, 4) is 17.6 Å². The van der Waals surface area contributed by atoms with Gasteiger partial charge >= 0.3 is 0 Å². The molecule has 0 spiro atoms. The molecular weight excluding hydrogens is 268 g/mol. The van der Waals surface area contributed by atoms with Crippen LogP contribution in [0.5, 0.6) is 5.75 Å². The number of hydrogen-bond acceptors (Lipinski definition) is 3. The molecule has 1 aromatic heterocycles. The van der Waals surface area contributed by atoms with Crippen LogP contribution in [0.4, 0.5) is 0 Å². The minimum absolute atomic E-state index is 0.119. The van der Waals surface area contributed by atoms with Crippen molar-refractivity contribution in [2.75, 3.05) is 6.61 Å². The third-order valence-electron chi connectivity index (χ3n) is 2.16. The second kappa shape index (κ2) is 6.46. The molecule has 0 bridgehead atoms. The van der Waals surface area contributed by atoms with E-state index in [1.54, 1.807) is 23.5 Å². The molecule has 2 aromatic rings. The van der Waals surface area contributed by atoms with Crippen molar-refractivity contribution in [1.29, 1.82) is 0 Å². The van der Waals surface area contributed by atoms with E-state index in [0.717, 1.165) is 16.2 Å². The van der Waals surface area contributed by atoms with Gasteiger partial charge in [-0.3, -0.25) is 0 Å². The lowest BCUT2D eigenvalue weighted by Crippen LogP contribution is -1.92. The lowest BCUT2D eigenvalue weighted by molar-refractivity contribution is 0.310. The molecule has 2 rings (SSSR count). The van der Waals surface area contributed by atoms with Crippen LogP contribution in [0, 0.1) is 11.8 Å². The fraction of sp³-hybridized carbons (Fsp3) is 0.143. The summed E-state index contributed by atoms with van der Waals surface area (Å²) >= 11 is 7.38. The van der Waals surface area contributed by atoms with Gasteiger partial charge in [-0.1, -0.05) is 23.4 Å². The summed E-state index contributed by atoms with van der Waals surface area (Å²) in [5.41, 5.74) is 0.906. The Labute approximate surface area is 115 Å². The standard InChI is InChI=1S/C14H11ClO2S/c15-12-3-5-13(6-4-12)17-9-14-8-11(10-18-14)2-1-7-16/h3-6,8,10,16H,7,9H2. The molecule has 0 atom stereocenters. The summed E-state index contributed by atoms with van der Waals surface area (Å²) in [7, 11) is 0. The number of aliphatic hydroxyl groups is 1. The smallest absolute Gasteiger partial charge is 0.122 e. The van der Waals surface area contributed by atoms with Crippen LogP contribution in [0.25, 0.3) is 0 Å². The van der Waals surface area contributed by atoms with E-state index >= 15 is 0 Å². The van der Waals surface area contributed by atoms with Crippen molar-refractivity contribution in [2.24, 2.45) is 0 Å². The normalized spacial score (nSPS) is 9.67. The van der Waals surface area contributed by atoms with E-state index in [0.29, 0.717) is 11.6 Å². The van der Waals surface area contributed by atoms with Gasteiger partial charge in [0.25, 0.3) is 0 Å². The van der Waals surface area contributed by atoms with E-state index in [4.69, 9.17) is 21.4 Å². The lowest BCUT2D eigenvalue weighted by atomic mass is 10.3. The Morgan fingerprint density at radius 3 is 2.78 bits per heavy atom. The Morgan fingerprint density at radius 1 is 1.28 bits per heavy atom. The summed E-state index contributed by atoms with van der Waals surface area (Å²) in [6.45, 7) is 0.388. The summed E-state index contributed by atoms with van der Waals surface area (Å²) in [6.07, 6.45) is 0.